The van der Waals surface area contributed by atoms with Crippen molar-refractivity contribution in [1.29, 1.82) is 0 Å². The van der Waals surface area contributed by atoms with Crippen LogP contribution >= 0.6 is 0 Å². The maximum Gasteiger partial charge on any atom is 0.269 e. The number of Topliss-reactive ketones (excluding diaryl/α,β-unsaturated/α-hetero) is 1. The molecule has 0 heterocycles. The number of nitrogens with zero attached hydrogens (tertiary/aromatic N) is 1. The number of ketones is 1. The van der Waals surface area contributed by atoms with E-state index < -0.39 is 4.92 Å². The second-order valence-corrected chi connectivity index (χ2v) is 4.78. The van der Waals surface area contributed by atoms with E-state index in [2.05, 4.69) is 0 Å². The second kappa shape index (κ2) is 6.17. The quantitative estimate of drug-likeness (QED) is 0.479. The lowest BCUT2D eigenvalue weighted by atomic mass is 10.0. The molecule has 108 valence electrons. The standard InChI is InChI=1S/C16H15NO4/c1-11-3-8-15(12(2)9-11)16(18)10-21-14-6-4-13(5-7-14)17(19)20/h3-9H,10H2,1-2H3. The molecule has 0 amide bonds. The molecule has 2 aromatic carbocycles. The largest absolute Gasteiger partial charge is 0.485 e. The lowest BCUT2D eigenvalue weighted by Crippen LogP contribution is -2.13. The minimum absolute atomic E-state index is 0.0111. The van der Waals surface area contributed by atoms with E-state index in [1.807, 2.05) is 26.0 Å². The second-order valence-electron chi connectivity index (χ2n) is 4.78. The van der Waals surface area contributed by atoms with Crippen LogP contribution < -0.4 is 4.74 Å². The third-order valence-corrected chi connectivity index (χ3v) is 3.10. The van der Waals surface area contributed by atoms with Gasteiger partial charge in [0.15, 0.2) is 12.4 Å². The predicted octanol–water partition coefficient (Wildman–Crippen LogP) is 3.47. The topological polar surface area (TPSA) is 69.4 Å². The Labute approximate surface area is 122 Å². The van der Waals surface area contributed by atoms with E-state index in [1.54, 1.807) is 6.07 Å². The average Bonchev–Trinajstić information content (AvgIpc) is 2.45. The molecule has 0 aliphatic rings. The molecule has 5 heteroatoms. The number of ether oxygens (including phenoxy) is 1. The SMILES string of the molecule is Cc1ccc(C(=O)COc2ccc([N+](=O)[O-])cc2)c(C)c1. The molecular weight excluding hydrogens is 270 g/mol. The van der Waals surface area contributed by atoms with Crippen LogP contribution in [0.3, 0.4) is 0 Å². The maximum absolute atomic E-state index is 12.1. The van der Waals surface area contributed by atoms with E-state index in [4.69, 9.17) is 4.74 Å². The molecular formula is C16H15NO4. The van der Waals surface area contributed by atoms with Crippen molar-refractivity contribution in [2.24, 2.45) is 0 Å². The number of benzene rings is 2. The van der Waals surface area contributed by atoms with Crippen LogP contribution in [0.5, 0.6) is 5.75 Å². The number of rotatable bonds is 5. The molecule has 0 saturated carbocycles. The van der Waals surface area contributed by atoms with E-state index in [1.165, 1.54) is 24.3 Å². The monoisotopic (exact) mass is 285 g/mol. The minimum atomic E-state index is -0.482. The van der Waals surface area contributed by atoms with Gasteiger partial charge in [-0.05, 0) is 31.5 Å². The molecule has 0 aromatic heterocycles. The van der Waals surface area contributed by atoms with Crippen LogP contribution in [-0.4, -0.2) is 17.3 Å². The Kier molecular flexibility index (Phi) is 4.33. The van der Waals surface area contributed by atoms with Gasteiger partial charge in [0, 0.05) is 17.7 Å². The van der Waals surface area contributed by atoms with Crippen molar-refractivity contribution in [2.75, 3.05) is 6.61 Å². The minimum Gasteiger partial charge on any atom is -0.485 e. The van der Waals surface area contributed by atoms with E-state index in [0.717, 1.165) is 11.1 Å². The van der Waals surface area contributed by atoms with Gasteiger partial charge in [0.2, 0.25) is 0 Å². The molecule has 0 bridgehead atoms. The molecule has 0 radical (unpaired) electrons. The molecule has 2 aromatic rings. The summed E-state index contributed by atoms with van der Waals surface area (Å²) in [4.78, 5) is 22.1. The van der Waals surface area contributed by atoms with Crippen LogP contribution in [0.25, 0.3) is 0 Å². The summed E-state index contributed by atoms with van der Waals surface area (Å²) in [6.07, 6.45) is 0. The van der Waals surface area contributed by atoms with Crippen molar-refractivity contribution in [3.63, 3.8) is 0 Å². The zero-order valence-corrected chi connectivity index (χ0v) is 11.8. The van der Waals surface area contributed by atoms with Crippen molar-refractivity contribution < 1.29 is 14.5 Å². The molecule has 0 saturated heterocycles. The highest BCUT2D eigenvalue weighted by Gasteiger charge is 2.11. The average molecular weight is 285 g/mol. The Bertz CT molecular complexity index is 677. The fourth-order valence-electron chi connectivity index (χ4n) is 2.02. The van der Waals surface area contributed by atoms with Gasteiger partial charge in [0.1, 0.15) is 5.75 Å². The number of hydrogen-bond acceptors (Lipinski definition) is 4. The van der Waals surface area contributed by atoms with Gasteiger partial charge in [0.05, 0.1) is 4.92 Å². The Morgan fingerprint density at radius 3 is 2.38 bits per heavy atom. The fraction of sp³-hybridized carbons (Fsp3) is 0.188. The van der Waals surface area contributed by atoms with Gasteiger partial charge in [-0.2, -0.15) is 0 Å². The van der Waals surface area contributed by atoms with E-state index in [9.17, 15) is 14.9 Å². The van der Waals surface area contributed by atoms with Crippen LogP contribution in [0.1, 0.15) is 21.5 Å². The summed E-state index contributed by atoms with van der Waals surface area (Å²) < 4.78 is 5.37. The van der Waals surface area contributed by atoms with Gasteiger partial charge in [-0.25, -0.2) is 0 Å². The normalized spacial score (nSPS) is 10.2. The van der Waals surface area contributed by atoms with E-state index in [-0.39, 0.29) is 18.1 Å². The molecule has 0 N–H and O–H groups in total. The summed E-state index contributed by atoms with van der Waals surface area (Å²) >= 11 is 0. The third kappa shape index (κ3) is 3.66. The Hall–Kier alpha value is -2.69. The summed E-state index contributed by atoms with van der Waals surface area (Å²) in [6, 6.07) is 11.3. The zero-order chi connectivity index (χ0) is 15.4. The van der Waals surface area contributed by atoms with Crippen LogP contribution in [0.15, 0.2) is 42.5 Å². The number of carbonyl (C=O) groups is 1. The lowest BCUT2D eigenvalue weighted by Gasteiger charge is -2.08. The summed E-state index contributed by atoms with van der Waals surface area (Å²) in [7, 11) is 0. The van der Waals surface area contributed by atoms with Crippen LogP contribution in [0, 0.1) is 24.0 Å². The first-order chi connectivity index (χ1) is 9.97. The zero-order valence-electron chi connectivity index (χ0n) is 11.8. The van der Waals surface area contributed by atoms with Gasteiger partial charge in [0.25, 0.3) is 5.69 Å². The van der Waals surface area contributed by atoms with Gasteiger partial charge in [-0.15, -0.1) is 0 Å². The van der Waals surface area contributed by atoms with Crippen molar-refractivity contribution in [3.8, 4) is 5.75 Å². The summed E-state index contributed by atoms with van der Waals surface area (Å²) in [5, 5.41) is 10.5. The van der Waals surface area contributed by atoms with E-state index in [0.29, 0.717) is 11.3 Å². The maximum atomic E-state index is 12.1. The number of carbonyl (C=O) groups excluding carboxylic acids is 1. The van der Waals surface area contributed by atoms with Crippen molar-refractivity contribution in [1.82, 2.24) is 0 Å². The fourth-order valence-corrected chi connectivity index (χ4v) is 2.02. The van der Waals surface area contributed by atoms with Crippen molar-refractivity contribution in [3.05, 3.63) is 69.3 Å². The summed E-state index contributed by atoms with van der Waals surface area (Å²) in [6.45, 7) is 3.75. The molecule has 0 atom stereocenters. The predicted molar refractivity (Wildman–Crippen MR) is 78.8 cm³/mol. The number of hydrogen-bond donors (Lipinski definition) is 0. The number of nitro benzene ring substituents is 1. The summed E-state index contributed by atoms with van der Waals surface area (Å²) in [5.41, 5.74) is 2.62. The lowest BCUT2D eigenvalue weighted by molar-refractivity contribution is -0.384. The van der Waals surface area contributed by atoms with Gasteiger partial charge < -0.3 is 4.74 Å². The molecule has 2 rings (SSSR count). The first-order valence-electron chi connectivity index (χ1n) is 6.45. The van der Waals surface area contributed by atoms with Crippen LogP contribution in [-0.2, 0) is 0 Å². The highest BCUT2D eigenvalue weighted by molar-refractivity contribution is 5.98. The van der Waals surface area contributed by atoms with Gasteiger partial charge in [-0.3, -0.25) is 14.9 Å². The Morgan fingerprint density at radius 1 is 1.14 bits per heavy atom. The number of aryl methyl sites for hydroxylation is 2. The first-order valence-corrected chi connectivity index (χ1v) is 6.45. The molecule has 0 aliphatic carbocycles. The summed E-state index contributed by atoms with van der Waals surface area (Å²) in [5.74, 6) is 0.310. The first kappa shape index (κ1) is 14.7. The van der Waals surface area contributed by atoms with Gasteiger partial charge in [-0.1, -0.05) is 23.8 Å². The molecule has 5 nitrogen and oxygen atoms in total. The van der Waals surface area contributed by atoms with Crippen LogP contribution in [0.2, 0.25) is 0 Å². The molecule has 0 unspecified atom stereocenters. The highest BCUT2D eigenvalue weighted by Crippen LogP contribution is 2.18. The molecule has 0 aliphatic heterocycles. The number of non-ortho nitro benzene ring substituents is 1. The van der Waals surface area contributed by atoms with E-state index >= 15 is 0 Å². The highest BCUT2D eigenvalue weighted by atomic mass is 16.6. The third-order valence-electron chi connectivity index (χ3n) is 3.10. The van der Waals surface area contributed by atoms with Crippen molar-refractivity contribution in [2.45, 2.75) is 13.8 Å². The smallest absolute Gasteiger partial charge is 0.269 e. The van der Waals surface area contributed by atoms with Gasteiger partial charge >= 0.3 is 0 Å². The molecule has 0 fully saturated rings. The molecule has 21 heavy (non-hydrogen) atoms. The molecule has 0 spiro atoms. The van der Waals surface area contributed by atoms with Crippen molar-refractivity contribution >= 4 is 11.5 Å². The Morgan fingerprint density at radius 2 is 1.81 bits per heavy atom. The number of nitro groups is 1. The Balaban J connectivity index is 2.02. The van der Waals surface area contributed by atoms with Crippen LogP contribution in [0.4, 0.5) is 5.69 Å².